The van der Waals surface area contributed by atoms with E-state index in [2.05, 4.69) is 11.9 Å². The van der Waals surface area contributed by atoms with Crippen LogP contribution in [0.15, 0.2) is 6.07 Å². The number of nitrogens with zero attached hydrogens (tertiary/aromatic N) is 2. The topological polar surface area (TPSA) is 42.4 Å². The first-order chi connectivity index (χ1) is 9.47. The van der Waals surface area contributed by atoms with Crippen molar-refractivity contribution in [3.63, 3.8) is 0 Å². The number of ether oxygens (including phenoxy) is 1. The fourth-order valence-corrected chi connectivity index (χ4v) is 2.97. The van der Waals surface area contributed by atoms with Gasteiger partial charge in [-0.25, -0.2) is 4.98 Å². The molecule has 0 aromatic carbocycles. The van der Waals surface area contributed by atoms with E-state index in [1.165, 1.54) is 12.8 Å². The third-order valence-electron chi connectivity index (χ3n) is 4.00. The molecule has 5 heteroatoms. The van der Waals surface area contributed by atoms with Crippen LogP contribution in [-0.2, 0) is 6.54 Å². The smallest absolute Gasteiger partial charge is 0.260 e. The maximum Gasteiger partial charge on any atom is 0.260 e. The lowest BCUT2D eigenvalue weighted by Crippen LogP contribution is -2.34. The Kier molecular flexibility index (Phi) is 3.36. The van der Waals surface area contributed by atoms with Gasteiger partial charge in [0.1, 0.15) is 10.7 Å². The Labute approximate surface area is 124 Å². The van der Waals surface area contributed by atoms with Crippen molar-refractivity contribution in [1.82, 2.24) is 9.88 Å². The SMILES string of the molecule is CC(C)Oc1nc(Cl)cc2c1C(=O)N([C@@H](C)C1CC1)C2. The van der Waals surface area contributed by atoms with Gasteiger partial charge in [0.15, 0.2) is 0 Å². The van der Waals surface area contributed by atoms with Crippen LogP contribution in [-0.4, -0.2) is 27.9 Å². The lowest BCUT2D eigenvalue weighted by Gasteiger charge is -2.24. The first-order valence-electron chi connectivity index (χ1n) is 7.14. The summed E-state index contributed by atoms with van der Waals surface area (Å²) >= 11 is 6.04. The minimum atomic E-state index is -0.0345. The summed E-state index contributed by atoms with van der Waals surface area (Å²) in [4.78, 5) is 18.8. The Balaban J connectivity index is 1.94. The normalized spacial score (nSPS) is 19.4. The second-order valence-electron chi connectivity index (χ2n) is 5.96. The van der Waals surface area contributed by atoms with E-state index in [0.717, 1.165) is 5.56 Å². The predicted octanol–water partition coefficient (Wildman–Crippen LogP) is 3.28. The third kappa shape index (κ3) is 2.37. The molecule has 0 bridgehead atoms. The molecule has 3 rings (SSSR count). The Morgan fingerprint density at radius 1 is 1.40 bits per heavy atom. The zero-order valence-electron chi connectivity index (χ0n) is 12.0. The molecular formula is C15H19ClN2O2. The summed E-state index contributed by atoms with van der Waals surface area (Å²) in [5, 5.41) is 0.383. The summed E-state index contributed by atoms with van der Waals surface area (Å²) in [5.74, 6) is 1.04. The molecule has 1 atom stereocenters. The molecule has 0 radical (unpaired) electrons. The average Bonchev–Trinajstić information content (AvgIpc) is 3.13. The van der Waals surface area contributed by atoms with Gasteiger partial charge in [0.2, 0.25) is 5.88 Å². The third-order valence-corrected chi connectivity index (χ3v) is 4.19. The second kappa shape index (κ2) is 4.92. The van der Waals surface area contributed by atoms with Gasteiger partial charge in [-0.05, 0) is 51.2 Å². The van der Waals surface area contributed by atoms with Crippen LogP contribution in [0.1, 0.15) is 49.5 Å². The molecule has 0 saturated heterocycles. The van der Waals surface area contributed by atoms with Crippen LogP contribution in [0, 0.1) is 5.92 Å². The van der Waals surface area contributed by atoms with Gasteiger partial charge in [-0.15, -0.1) is 0 Å². The molecule has 4 nitrogen and oxygen atoms in total. The van der Waals surface area contributed by atoms with Crippen LogP contribution in [0.4, 0.5) is 0 Å². The zero-order chi connectivity index (χ0) is 14.4. The molecule has 1 aromatic heterocycles. The van der Waals surface area contributed by atoms with Crippen molar-refractivity contribution in [2.75, 3.05) is 0 Å². The van der Waals surface area contributed by atoms with Crippen LogP contribution in [0.5, 0.6) is 5.88 Å². The molecule has 1 aliphatic heterocycles. The van der Waals surface area contributed by atoms with Gasteiger partial charge in [0.25, 0.3) is 5.91 Å². The highest BCUT2D eigenvalue weighted by Gasteiger charge is 2.40. The Morgan fingerprint density at radius 2 is 2.10 bits per heavy atom. The van der Waals surface area contributed by atoms with E-state index in [1.807, 2.05) is 18.7 Å². The maximum absolute atomic E-state index is 12.6. The van der Waals surface area contributed by atoms with E-state index in [-0.39, 0.29) is 18.1 Å². The molecule has 20 heavy (non-hydrogen) atoms. The van der Waals surface area contributed by atoms with Crippen molar-refractivity contribution in [2.24, 2.45) is 5.92 Å². The molecule has 0 unspecified atom stereocenters. The van der Waals surface area contributed by atoms with Crippen molar-refractivity contribution in [2.45, 2.75) is 52.3 Å². The number of carbonyl (C=O) groups is 1. The number of aromatic nitrogens is 1. The Bertz CT molecular complexity index is 555. The van der Waals surface area contributed by atoms with E-state index in [1.54, 1.807) is 6.07 Å². The Hall–Kier alpha value is -1.29. The van der Waals surface area contributed by atoms with E-state index < -0.39 is 0 Å². The maximum atomic E-state index is 12.6. The van der Waals surface area contributed by atoms with Crippen molar-refractivity contribution in [3.05, 3.63) is 22.3 Å². The Morgan fingerprint density at radius 3 is 2.70 bits per heavy atom. The predicted molar refractivity (Wildman–Crippen MR) is 77.1 cm³/mol. The lowest BCUT2D eigenvalue weighted by atomic mass is 10.2. The summed E-state index contributed by atoms with van der Waals surface area (Å²) in [6.07, 6.45) is 2.40. The number of rotatable bonds is 4. The largest absolute Gasteiger partial charge is 0.474 e. The van der Waals surface area contributed by atoms with E-state index in [9.17, 15) is 4.79 Å². The number of halogens is 1. The van der Waals surface area contributed by atoms with Crippen molar-refractivity contribution in [3.8, 4) is 5.88 Å². The minimum absolute atomic E-state index is 0.0271. The van der Waals surface area contributed by atoms with Crippen LogP contribution in [0.2, 0.25) is 5.15 Å². The molecule has 0 N–H and O–H groups in total. The zero-order valence-corrected chi connectivity index (χ0v) is 12.8. The number of fused-ring (bicyclic) bond motifs is 1. The second-order valence-corrected chi connectivity index (χ2v) is 6.35. The monoisotopic (exact) mass is 294 g/mol. The minimum Gasteiger partial charge on any atom is -0.474 e. The van der Waals surface area contributed by atoms with Gasteiger partial charge in [-0.2, -0.15) is 0 Å². The number of hydrogen-bond acceptors (Lipinski definition) is 3. The molecule has 108 valence electrons. The first-order valence-corrected chi connectivity index (χ1v) is 7.52. The number of pyridine rings is 1. The molecule has 1 amide bonds. The molecule has 0 spiro atoms. The van der Waals surface area contributed by atoms with Gasteiger partial charge in [0.05, 0.1) is 6.10 Å². The van der Waals surface area contributed by atoms with Gasteiger partial charge in [0, 0.05) is 12.6 Å². The molecule has 1 saturated carbocycles. The van der Waals surface area contributed by atoms with Crippen molar-refractivity contribution >= 4 is 17.5 Å². The first kappa shape index (κ1) is 13.7. The van der Waals surface area contributed by atoms with Crippen LogP contribution in [0.3, 0.4) is 0 Å². The summed E-state index contributed by atoms with van der Waals surface area (Å²) in [5.41, 5.74) is 1.52. The van der Waals surface area contributed by atoms with E-state index >= 15 is 0 Å². The van der Waals surface area contributed by atoms with Gasteiger partial charge >= 0.3 is 0 Å². The van der Waals surface area contributed by atoms with Crippen LogP contribution >= 0.6 is 11.6 Å². The highest BCUT2D eigenvalue weighted by molar-refractivity contribution is 6.29. The van der Waals surface area contributed by atoms with Crippen molar-refractivity contribution in [1.29, 1.82) is 0 Å². The summed E-state index contributed by atoms with van der Waals surface area (Å²) < 4.78 is 5.67. The van der Waals surface area contributed by atoms with Gasteiger partial charge in [-0.3, -0.25) is 4.79 Å². The number of hydrogen-bond donors (Lipinski definition) is 0. The number of carbonyl (C=O) groups excluding carboxylic acids is 1. The average molecular weight is 295 g/mol. The molecule has 1 aliphatic carbocycles. The van der Waals surface area contributed by atoms with Crippen LogP contribution < -0.4 is 4.74 Å². The van der Waals surface area contributed by atoms with E-state index in [0.29, 0.717) is 29.1 Å². The molecule has 2 heterocycles. The highest BCUT2D eigenvalue weighted by atomic mass is 35.5. The molecule has 1 aromatic rings. The molecule has 1 fully saturated rings. The quantitative estimate of drug-likeness (QED) is 0.800. The van der Waals surface area contributed by atoms with Crippen molar-refractivity contribution < 1.29 is 9.53 Å². The standard InChI is InChI=1S/C15H19ClN2O2/c1-8(2)20-14-13-11(6-12(16)17-14)7-18(15(13)19)9(3)10-4-5-10/h6,8-10H,4-5,7H2,1-3H3/t9-/m0/s1. The summed E-state index contributed by atoms with van der Waals surface area (Å²) in [6, 6.07) is 2.06. The fraction of sp³-hybridized carbons (Fsp3) is 0.600. The van der Waals surface area contributed by atoms with Gasteiger partial charge < -0.3 is 9.64 Å². The summed E-state index contributed by atoms with van der Waals surface area (Å²) in [6.45, 7) is 6.57. The van der Waals surface area contributed by atoms with E-state index in [4.69, 9.17) is 16.3 Å². The fourth-order valence-electron chi connectivity index (χ4n) is 2.76. The molecular weight excluding hydrogens is 276 g/mol. The lowest BCUT2D eigenvalue weighted by molar-refractivity contribution is 0.0692. The highest BCUT2D eigenvalue weighted by Crippen LogP contribution is 2.40. The summed E-state index contributed by atoms with van der Waals surface area (Å²) in [7, 11) is 0. The van der Waals surface area contributed by atoms with Crippen LogP contribution in [0.25, 0.3) is 0 Å². The van der Waals surface area contributed by atoms with Gasteiger partial charge in [-0.1, -0.05) is 11.6 Å². The number of amides is 1. The molecule has 2 aliphatic rings.